The van der Waals surface area contributed by atoms with E-state index in [-0.39, 0.29) is 12.2 Å². The molecular formula is C13H14N2O2S2. The van der Waals surface area contributed by atoms with Crippen molar-refractivity contribution in [1.82, 2.24) is 9.97 Å². The van der Waals surface area contributed by atoms with Gasteiger partial charge in [-0.15, -0.1) is 22.7 Å². The van der Waals surface area contributed by atoms with Crippen molar-refractivity contribution in [2.75, 3.05) is 0 Å². The second-order valence-corrected chi connectivity index (χ2v) is 7.05. The third-order valence-electron chi connectivity index (χ3n) is 3.24. The fraction of sp³-hybridized carbons (Fsp3) is 0.462. The molecule has 0 spiro atoms. The first-order chi connectivity index (χ1) is 8.98. The molecule has 100 valence electrons. The Labute approximate surface area is 119 Å². The Morgan fingerprint density at radius 3 is 2.74 bits per heavy atom. The Kier molecular flexibility index (Phi) is 3.03. The van der Waals surface area contributed by atoms with Crippen LogP contribution in [-0.2, 0) is 11.2 Å². The third-order valence-corrected chi connectivity index (χ3v) is 5.19. The highest BCUT2D eigenvalue weighted by Gasteiger charge is 2.47. The highest BCUT2D eigenvalue weighted by atomic mass is 32.1. The molecule has 0 radical (unpaired) electrons. The average molecular weight is 294 g/mol. The Bertz CT molecular complexity index is 641. The minimum absolute atomic E-state index is 0.106. The van der Waals surface area contributed by atoms with E-state index in [1.54, 1.807) is 11.3 Å². The predicted molar refractivity (Wildman–Crippen MR) is 75.6 cm³/mol. The number of nitrogens with zero attached hydrogens (tertiary/aromatic N) is 2. The summed E-state index contributed by atoms with van der Waals surface area (Å²) in [5.41, 5.74) is 0.813. The summed E-state index contributed by atoms with van der Waals surface area (Å²) in [4.78, 5) is 21.8. The van der Waals surface area contributed by atoms with Crippen molar-refractivity contribution in [3.63, 3.8) is 0 Å². The Morgan fingerprint density at radius 1 is 1.42 bits per heavy atom. The van der Waals surface area contributed by atoms with Gasteiger partial charge in [0.15, 0.2) is 5.78 Å². The maximum absolute atomic E-state index is 11.8. The molecule has 19 heavy (non-hydrogen) atoms. The molecule has 1 saturated carbocycles. The second kappa shape index (κ2) is 4.47. The lowest BCUT2D eigenvalue weighted by molar-refractivity contribution is -0.128. The van der Waals surface area contributed by atoms with E-state index in [2.05, 4.69) is 9.97 Å². The van der Waals surface area contributed by atoms with E-state index < -0.39 is 5.60 Å². The number of aryl methyl sites for hydroxylation is 2. The van der Waals surface area contributed by atoms with E-state index in [0.717, 1.165) is 26.3 Å². The zero-order valence-corrected chi connectivity index (χ0v) is 12.4. The molecule has 1 aliphatic carbocycles. The molecule has 0 aliphatic heterocycles. The monoisotopic (exact) mass is 294 g/mol. The molecule has 0 saturated heterocycles. The van der Waals surface area contributed by atoms with E-state index in [1.807, 2.05) is 19.2 Å². The van der Waals surface area contributed by atoms with Crippen molar-refractivity contribution in [2.45, 2.75) is 38.7 Å². The van der Waals surface area contributed by atoms with Crippen LogP contribution in [0.5, 0.6) is 0 Å². The van der Waals surface area contributed by atoms with Crippen molar-refractivity contribution in [3.05, 3.63) is 21.1 Å². The fourth-order valence-corrected chi connectivity index (χ4v) is 3.70. The normalized spacial score (nSPS) is 16.6. The number of aromatic nitrogens is 2. The lowest BCUT2D eigenvalue weighted by Crippen LogP contribution is -2.23. The highest BCUT2D eigenvalue weighted by molar-refractivity contribution is 7.16. The molecule has 1 N–H and O–H groups in total. The minimum Gasteiger partial charge on any atom is -0.382 e. The number of ketones is 1. The van der Waals surface area contributed by atoms with E-state index in [4.69, 9.17) is 0 Å². The standard InChI is InChI=1S/C13H14N2O2S2/c1-7-12(19-8(2)14-7)9-6-18-11(15-9)5-10(16)13(17)3-4-13/h6,17H,3-5H2,1-2H3. The number of hydrogen-bond donors (Lipinski definition) is 1. The predicted octanol–water partition coefficient (Wildman–Crippen LogP) is 2.52. The van der Waals surface area contributed by atoms with Crippen molar-refractivity contribution in [3.8, 4) is 10.6 Å². The summed E-state index contributed by atoms with van der Waals surface area (Å²) in [7, 11) is 0. The van der Waals surface area contributed by atoms with Crippen LogP contribution in [0.2, 0.25) is 0 Å². The van der Waals surface area contributed by atoms with Crippen LogP contribution in [0.25, 0.3) is 10.6 Å². The SMILES string of the molecule is Cc1nc(C)c(-c2csc(CC(=O)C3(O)CC3)n2)s1. The molecule has 0 atom stereocenters. The van der Waals surface area contributed by atoms with Crippen LogP contribution in [-0.4, -0.2) is 26.5 Å². The molecule has 1 aliphatic rings. The number of Topliss-reactive ketones (excluding diaryl/α,β-unsaturated/α-hetero) is 1. The minimum atomic E-state index is -1.05. The van der Waals surface area contributed by atoms with Gasteiger partial charge in [0.05, 0.1) is 27.7 Å². The number of carbonyl (C=O) groups excluding carboxylic acids is 1. The van der Waals surface area contributed by atoms with Gasteiger partial charge < -0.3 is 5.11 Å². The van der Waals surface area contributed by atoms with Crippen LogP contribution < -0.4 is 0 Å². The lowest BCUT2D eigenvalue weighted by atomic mass is 10.1. The molecule has 0 bridgehead atoms. The van der Waals surface area contributed by atoms with Gasteiger partial charge in [-0.25, -0.2) is 9.97 Å². The molecule has 2 aromatic rings. The molecule has 0 amide bonds. The summed E-state index contributed by atoms with van der Waals surface area (Å²) in [6.45, 7) is 3.94. The van der Waals surface area contributed by atoms with Crippen LogP contribution in [0.3, 0.4) is 0 Å². The molecule has 4 nitrogen and oxygen atoms in total. The van der Waals surface area contributed by atoms with Crippen LogP contribution in [0.4, 0.5) is 0 Å². The Balaban J connectivity index is 1.80. The smallest absolute Gasteiger partial charge is 0.171 e. The first-order valence-electron chi connectivity index (χ1n) is 6.12. The zero-order valence-electron chi connectivity index (χ0n) is 10.8. The number of aliphatic hydroxyl groups is 1. The molecule has 6 heteroatoms. The van der Waals surface area contributed by atoms with E-state index in [0.29, 0.717) is 12.8 Å². The van der Waals surface area contributed by atoms with Gasteiger partial charge in [-0.1, -0.05) is 0 Å². The molecule has 2 aromatic heterocycles. The number of hydrogen-bond acceptors (Lipinski definition) is 6. The Morgan fingerprint density at radius 2 is 2.16 bits per heavy atom. The summed E-state index contributed by atoms with van der Waals surface area (Å²) in [5.74, 6) is -0.106. The van der Waals surface area contributed by atoms with Gasteiger partial charge in [0.25, 0.3) is 0 Å². The topological polar surface area (TPSA) is 63.1 Å². The second-order valence-electron chi connectivity index (χ2n) is 4.91. The first-order valence-corrected chi connectivity index (χ1v) is 7.82. The van der Waals surface area contributed by atoms with Gasteiger partial charge in [0.2, 0.25) is 0 Å². The molecule has 0 aromatic carbocycles. The maximum atomic E-state index is 11.8. The number of thiazole rings is 2. The van der Waals surface area contributed by atoms with Crippen LogP contribution in [0, 0.1) is 13.8 Å². The summed E-state index contributed by atoms with van der Waals surface area (Å²) >= 11 is 3.09. The van der Waals surface area contributed by atoms with Crippen LogP contribution in [0.1, 0.15) is 28.6 Å². The van der Waals surface area contributed by atoms with Gasteiger partial charge in [-0.3, -0.25) is 4.79 Å². The first kappa shape index (κ1) is 12.9. The summed E-state index contributed by atoms with van der Waals surface area (Å²) in [5, 5.41) is 13.5. The Hall–Kier alpha value is -1.11. The fourth-order valence-electron chi connectivity index (χ4n) is 1.96. The third kappa shape index (κ3) is 2.48. The summed E-state index contributed by atoms with van der Waals surface area (Å²) in [6, 6.07) is 0. The van der Waals surface area contributed by atoms with Gasteiger partial charge in [0, 0.05) is 5.38 Å². The number of carbonyl (C=O) groups is 1. The summed E-state index contributed by atoms with van der Waals surface area (Å²) < 4.78 is 0. The maximum Gasteiger partial charge on any atom is 0.171 e. The van der Waals surface area contributed by atoms with Crippen molar-refractivity contribution in [2.24, 2.45) is 0 Å². The number of rotatable bonds is 4. The molecule has 2 heterocycles. The quantitative estimate of drug-likeness (QED) is 0.941. The average Bonchev–Trinajstić information content (AvgIpc) is 2.80. The highest BCUT2D eigenvalue weighted by Crippen LogP contribution is 2.37. The van der Waals surface area contributed by atoms with E-state index in [9.17, 15) is 9.90 Å². The van der Waals surface area contributed by atoms with Crippen molar-refractivity contribution in [1.29, 1.82) is 0 Å². The van der Waals surface area contributed by atoms with Gasteiger partial charge in [0.1, 0.15) is 10.6 Å². The lowest BCUT2D eigenvalue weighted by Gasteiger charge is -2.03. The summed E-state index contributed by atoms with van der Waals surface area (Å²) in [6.07, 6.45) is 1.42. The molecular weight excluding hydrogens is 280 g/mol. The van der Waals surface area contributed by atoms with Crippen LogP contribution in [0.15, 0.2) is 5.38 Å². The van der Waals surface area contributed by atoms with Gasteiger partial charge in [-0.2, -0.15) is 0 Å². The van der Waals surface area contributed by atoms with Crippen molar-refractivity contribution >= 4 is 28.5 Å². The van der Waals surface area contributed by atoms with E-state index in [1.165, 1.54) is 11.3 Å². The van der Waals surface area contributed by atoms with Gasteiger partial charge in [-0.05, 0) is 26.7 Å². The van der Waals surface area contributed by atoms with Crippen molar-refractivity contribution < 1.29 is 9.90 Å². The van der Waals surface area contributed by atoms with E-state index >= 15 is 0 Å². The molecule has 1 fully saturated rings. The van der Waals surface area contributed by atoms with Crippen LogP contribution >= 0.6 is 22.7 Å². The zero-order chi connectivity index (χ0) is 13.6. The largest absolute Gasteiger partial charge is 0.382 e. The van der Waals surface area contributed by atoms with Gasteiger partial charge >= 0.3 is 0 Å². The molecule has 0 unspecified atom stereocenters. The molecule has 3 rings (SSSR count).